The van der Waals surface area contributed by atoms with Crippen LogP contribution < -0.4 is 0 Å². The molecule has 0 saturated carbocycles. The fraction of sp³-hybridized carbons (Fsp3) is 0.333. The van der Waals surface area contributed by atoms with Gasteiger partial charge in [-0.25, -0.2) is 0 Å². The Morgan fingerprint density at radius 3 is 2.60 bits per heavy atom. The third-order valence-corrected chi connectivity index (χ3v) is 4.31. The highest BCUT2D eigenvalue weighted by atomic mass is 127. The minimum atomic E-state index is -0.987. The monoisotopic (exact) mass is 248 g/mol. The molecule has 1 heteroatoms. The molecule has 56 valence electrons. The summed E-state index contributed by atoms with van der Waals surface area (Å²) in [4.78, 5) is 0. The lowest BCUT2D eigenvalue weighted by Gasteiger charge is -2.07. The van der Waals surface area contributed by atoms with Gasteiger partial charge in [0.15, 0.2) is 0 Å². The van der Waals surface area contributed by atoms with Crippen LogP contribution in [-0.4, -0.2) is 8.53 Å². The maximum absolute atomic E-state index is 4.10. The zero-order valence-corrected chi connectivity index (χ0v) is 8.63. The van der Waals surface area contributed by atoms with Gasteiger partial charge in [0.05, 0.1) is 0 Å². The van der Waals surface area contributed by atoms with Crippen molar-refractivity contribution in [3.05, 3.63) is 21.8 Å². The lowest BCUT2D eigenvalue weighted by molar-refractivity contribution is 0.795. The van der Waals surface area contributed by atoms with Gasteiger partial charge >= 0.3 is 0 Å². The Labute approximate surface area is 69.0 Å². The second-order valence-electron chi connectivity index (χ2n) is 2.68. The SMILES string of the molecule is C=I1=CC=CC(C(C)C)=C1. The number of rotatable bonds is 1. The number of allylic oxidation sites excluding steroid dienone is 3. The maximum atomic E-state index is 4.10. The van der Waals surface area contributed by atoms with Gasteiger partial charge in [0.2, 0.25) is 0 Å². The van der Waals surface area contributed by atoms with Gasteiger partial charge in [-0.15, -0.1) is 18.9 Å². The summed E-state index contributed by atoms with van der Waals surface area (Å²) in [6.45, 7) is 4.46. The largest absolute Gasteiger partial charge is 0.132 e. The van der Waals surface area contributed by atoms with Crippen LogP contribution >= 0.6 is 18.9 Å². The Morgan fingerprint density at radius 1 is 1.50 bits per heavy atom. The normalized spacial score (nSPS) is 18.9. The van der Waals surface area contributed by atoms with Crippen LogP contribution in [0, 0.1) is 5.92 Å². The number of hydrogen-bond acceptors (Lipinski definition) is 0. The van der Waals surface area contributed by atoms with Gasteiger partial charge in [-0.1, -0.05) is 30.5 Å². The summed E-state index contributed by atoms with van der Waals surface area (Å²) in [6, 6.07) is 0. The number of hydrogen-bond donors (Lipinski definition) is 0. The first-order valence-electron chi connectivity index (χ1n) is 3.39. The van der Waals surface area contributed by atoms with Crippen LogP contribution in [0.5, 0.6) is 0 Å². The third-order valence-electron chi connectivity index (χ3n) is 1.46. The molecule has 1 aliphatic heterocycles. The van der Waals surface area contributed by atoms with Gasteiger partial charge in [0.25, 0.3) is 0 Å². The smallest absolute Gasteiger partial charge is 0.0215 e. The molecule has 0 saturated heterocycles. The molecule has 0 unspecified atom stereocenters. The first-order valence-corrected chi connectivity index (χ1v) is 7.41. The Kier molecular flexibility index (Phi) is 2.72. The summed E-state index contributed by atoms with van der Waals surface area (Å²) in [5, 5.41) is 0. The van der Waals surface area contributed by atoms with Crippen LogP contribution in [0.15, 0.2) is 21.8 Å². The third kappa shape index (κ3) is 1.97. The van der Waals surface area contributed by atoms with Crippen molar-refractivity contribution in [2.45, 2.75) is 13.8 Å². The van der Waals surface area contributed by atoms with E-state index in [1.165, 1.54) is 5.57 Å². The van der Waals surface area contributed by atoms with Crippen molar-refractivity contribution in [3.63, 3.8) is 0 Å². The summed E-state index contributed by atoms with van der Waals surface area (Å²) in [6.07, 6.45) is 4.36. The lowest BCUT2D eigenvalue weighted by Crippen LogP contribution is -1.90. The molecular formula is C9H13I. The van der Waals surface area contributed by atoms with Gasteiger partial charge < -0.3 is 0 Å². The molecule has 0 aromatic rings. The van der Waals surface area contributed by atoms with Gasteiger partial charge in [0.1, 0.15) is 0 Å². The topological polar surface area (TPSA) is 0 Å². The Hall–Kier alpha value is -0.0500. The van der Waals surface area contributed by atoms with Crippen LogP contribution in [0.3, 0.4) is 0 Å². The predicted octanol–water partition coefficient (Wildman–Crippen LogP) is 2.84. The van der Waals surface area contributed by atoms with E-state index in [9.17, 15) is 0 Å². The Bertz CT molecular complexity index is 248. The van der Waals surface area contributed by atoms with Gasteiger partial charge in [0, 0.05) is 0 Å². The van der Waals surface area contributed by atoms with Crippen molar-refractivity contribution in [3.8, 4) is 0 Å². The average Bonchev–Trinajstić information content (AvgIpc) is 1.88. The first-order chi connectivity index (χ1) is 4.70. The Morgan fingerprint density at radius 2 is 2.20 bits per heavy atom. The average molecular weight is 248 g/mol. The van der Waals surface area contributed by atoms with Crippen LogP contribution in [0.4, 0.5) is 0 Å². The molecule has 0 amide bonds. The van der Waals surface area contributed by atoms with Gasteiger partial charge in [-0.3, -0.25) is 0 Å². The minimum Gasteiger partial charge on any atom is -0.132 e. The van der Waals surface area contributed by atoms with Crippen LogP contribution in [0.2, 0.25) is 0 Å². The fourth-order valence-electron chi connectivity index (χ4n) is 0.794. The molecule has 0 spiro atoms. The molecule has 0 aromatic carbocycles. The van der Waals surface area contributed by atoms with Crippen molar-refractivity contribution in [2.24, 2.45) is 5.92 Å². The van der Waals surface area contributed by atoms with Crippen molar-refractivity contribution in [1.29, 1.82) is 0 Å². The molecule has 0 nitrogen and oxygen atoms in total. The van der Waals surface area contributed by atoms with E-state index in [0.717, 1.165) is 0 Å². The molecule has 0 fully saturated rings. The van der Waals surface area contributed by atoms with Crippen LogP contribution in [0.25, 0.3) is 0 Å². The second kappa shape index (κ2) is 3.37. The van der Waals surface area contributed by atoms with E-state index in [-0.39, 0.29) is 0 Å². The summed E-state index contributed by atoms with van der Waals surface area (Å²) < 4.78 is 8.73. The zero-order valence-electron chi connectivity index (χ0n) is 6.47. The highest BCUT2D eigenvalue weighted by molar-refractivity contribution is 14.2. The van der Waals surface area contributed by atoms with E-state index < -0.39 is 18.9 Å². The lowest BCUT2D eigenvalue weighted by atomic mass is 10.1. The number of halogens is 1. The van der Waals surface area contributed by atoms with Crippen molar-refractivity contribution in [1.82, 2.24) is 0 Å². The molecule has 0 bridgehead atoms. The molecule has 1 aliphatic rings. The highest BCUT2D eigenvalue weighted by Gasteiger charge is 1.98. The van der Waals surface area contributed by atoms with Gasteiger partial charge in [-0.05, 0) is 19.6 Å². The first kappa shape index (κ1) is 8.05. The molecule has 0 aliphatic carbocycles. The summed E-state index contributed by atoms with van der Waals surface area (Å²) >= 11 is -0.987. The molecule has 10 heavy (non-hydrogen) atoms. The van der Waals surface area contributed by atoms with Crippen molar-refractivity contribution >= 4 is 27.4 Å². The molecule has 0 radical (unpaired) electrons. The standard InChI is InChI=1S/C9H13I/c1-8(2)9-5-4-6-10(3)7-9/h4-8H,3H2,1-2H3. The highest BCUT2D eigenvalue weighted by Crippen LogP contribution is 2.22. The second-order valence-corrected chi connectivity index (χ2v) is 6.51. The van der Waals surface area contributed by atoms with E-state index in [1.54, 1.807) is 0 Å². The van der Waals surface area contributed by atoms with E-state index in [2.05, 4.69) is 38.6 Å². The molecule has 0 N–H and O–H groups in total. The quantitative estimate of drug-likeness (QED) is 0.626. The zero-order chi connectivity index (χ0) is 7.56. The molecule has 0 atom stereocenters. The summed E-state index contributed by atoms with van der Waals surface area (Å²) in [7, 11) is 0. The minimum absolute atomic E-state index is 0.673. The molecule has 0 aromatic heterocycles. The summed E-state index contributed by atoms with van der Waals surface area (Å²) in [5.41, 5.74) is 1.47. The van der Waals surface area contributed by atoms with E-state index in [0.29, 0.717) is 5.92 Å². The van der Waals surface area contributed by atoms with Crippen molar-refractivity contribution in [2.75, 3.05) is 0 Å². The molecular weight excluding hydrogens is 235 g/mol. The maximum Gasteiger partial charge on any atom is -0.0215 e. The van der Waals surface area contributed by atoms with Crippen molar-refractivity contribution < 1.29 is 0 Å². The van der Waals surface area contributed by atoms with E-state index in [1.807, 2.05) is 0 Å². The summed E-state index contributed by atoms with van der Waals surface area (Å²) in [5.74, 6) is 0.673. The fourth-order valence-corrected chi connectivity index (χ4v) is 3.59. The Balaban J connectivity index is 2.93. The van der Waals surface area contributed by atoms with E-state index >= 15 is 0 Å². The van der Waals surface area contributed by atoms with Crippen LogP contribution in [-0.2, 0) is 0 Å². The predicted molar refractivity (Wildman–Crippen MR) is 59.3 cm³/mol. The van der Waals surface area contributed by atoms with E-state index in [4.69, 9.17) is 0 Å². The van der Waals surface area contributed by atoms with Crippen LogP contribution in [0.1, 0.15) is 13.8 Å². The molecule has 1 rings (SSSR count). The van der Waals surface area contributed by atoms with Gasteiger partial charge in [-0.2, -0.15) is 0 Å². The molecule has 1 heterocycles.